The molecule has 3 nitrogen and oxygen atoms in total. The van der Waals surface area contributed by atoms with Crippen LogP contribution in [0.2, 0.25) is 0 Å². The summed E-state index contributed by atoms with van der Waals surface area (Å²) < 4.78 is 5.67. The van der Waals surface area contributed by atoms with Crippen LogP contribution >= 0.6 is 0 Å². The summed E-state index contributed by atoms with van der Waals surface area (Å²) in [5, 5.41) is 0. The van der Waals surface area contributed by atoms with Gasteiger partial charge in [-0.15, -0.1) is 0 Å². The summed E-state index contributed by atoms with van der Waals surface area (Å²) in [6, 6.07) is 6.22. The summed E-state index contributed by atoms with van der Waals surface area (Å²) >= 11 is 0. The molecule has 0 spiro atoms. The van der Waals surface area contributed by atoms with E-state index in [1.54, 1.807) is 0 Å². The maximum absolute atomic E-state index is 5.98. The summed E-state index contributed by atoms with van der Waals surface area (Å²) in [5.74, 6) is 0. The van der Waals surface area contributed by atoms with Crippen molar-refractivity contribution in [1.82, 2.24) is 4.90 Å². The minimum Gasteiger partial charge on any atom is -0.398 e. The van der Waals surface area contributed by atoms with Crippen LogP contribution in [0.4, 0.5) is 5.69 Å². The Morgan fingerprint density at radius 1 is 1.38 bits per heavy atom. The van der Waals surface area contributed by atoms with Crippen LogP contribution in [0.25, 0.3) is 0 Å². The average Bonchev–Trinajstić information content (AvgIpc) is 2.88. The second kappa shape index (κ2) is 4.07. The van der Waals surface area contributed by atoms with Gasteiger partial charge in [-0.2, -0.15) is 0 Å². The molecule has 1 saturated heterocycles. The van der Waals surface area contributed by atoms with Crippen molar-refractivity contribution in [3.63, 3.8) is 0 Å². The maximum Gasteiger partial charge on any atom is 0.0703 e. The second-order valence-electron chi connectivity index (χ2n) is 4.79. The molecule has 0 aromatic heterocycles. The van der Waals surface area contributed by atoms with Crippen LogP contribution in [0.15, 0.2) is 18.2 Å². The van der Waals surface area contributed by atoms with Crippen LogP contribution in [0.5, 0.6) is 0 Å². The van der Waals surface area contributed by atoms with Gasteiger partial charge in [0.15, 0.2) is 0 Å². The fourth-order valence-corrected chi connectivity index (χ4v) is 2.72. The average molecular weight is 218 g/mol. The summed E-state index contributed by atoms with van der Waals surface area (Å²) in [6.45, 7) is 4.00. The Labute approximate surface area is 96.2 Å². The first-order chi connectivity index (χ1) is 7.83. The second-order valence-corrected chi connectivity index (χ2v) is 4.79. The van der Waals surface area contributed by atoms with Gasteiger partial charge in [-0.05, 0) is 30.0 Å². The Kier molecular flexibility index (Phi) is 2.58. The van der Waals surface area contributed by atoms with E-state index in [1.165, 1.54) is 24.0 Å². The molecule has 0 aliphatic carbocycles. The first kappa shape index (κ1) is 10.1. The van der Waals surface area contributed by atoms with Gasteiger partial charge in [0, 0.05) is 31.9 Å². The van der Waals surface area contributed by atoms with Crippen molar-refractivity contribution >= 4 is 5.69 Å². The highest BCUT2D eigenvalue weighted by atomic mass is 16.5. The molecule has 0 bridgehead atoms. The van der Waals surface area contributed by atoms with Gasteiger partial charge in [-0.3, -0.25) is 4.90 Å². The van der Waals surface area contributed by atoms with Crippen LogP contribution in [0, 0.1) is 0 Å². The van der Waals surface area contributed by atoms with E-state index in [0.717, 1.165) is 31.9 Å². The largest absolute Gasteiger partial charge is 0.398 e. The van der Waals surface area contributed by atoms with Crippen LogP contribution in [0.1, 0.15) is 24.0 Å². The van der Waals surface area contributed by atoms with Crippen molar-refractivity contribution in [2.75, 3.05) is 18.9 Å². The SMILES string of the molecule is Nc1cccc2c1CN(CC1CCCO1)C2. The molecule has 1 atom stereocenters. The number of fused-ring (bicyclic) bond motifs is 1. The van der Waals surface area contributed by atoms with Gasteiger partial charge in [0.25, 0.3) is 0 Å². The molecule has 0 saturated carbocycles. The molecule has 16 heavy (non-hydrogen) atoms. The Hall–Kier alpha value is -1.06. The van der Waals surface area contributed by atoms with Crippen LogP contribution in [-0.2, 0) is 17.8 Å². The molecule has 2 aliphatic rings. The molecule has 3 heteroatoms. The summed E-state index contributed by atoms with van der Waals surface area (Å²) in [6.07, 6.45) is 2.87. The molecule has 2 N–H and O–H groups in total. The summed E-state index contributed by atoms with van der Waals surface area (Å²) in [7, 11) is 0. The van der Waals surface area contributed by atoms with Gasteiger partial charge in [0.2, 0.25) is 0 Å². The Morgan fingerprint density at radius 2 is 2.31 bits per heavy atom. The fraction of sp³-hybridized carbons (Fsp3) is 0.538. The lowest BCUT2D eigenvalue weighted by molar-refractivity contribution is 0.0723. The predicted molar refractivity (Wildman–Crippen MR) is 63.9 cm³/mol. The third-order valence-corrected chi connectivity index (χ3v) is 3.57. The van der Waals surface area contributed by atoms with Gasteiger partial charge in [0.1, 0.15) is 0 Å². The zero-order chi connectivity index (χ0) is 11.0. The third kappa shape index (κ3) is 1.81. The molecule has 1 fully saturated rings. The number of nitrogens with zero attached hydrogens (tertiary/aromatic N) is 1. The number of hydrogen-bond acceptors (Lipinski definition) is 3. The molecule has 2 aliphatic heterocycles. The van der Waals surface area contributed by atoms with Crippen molar-refractivity contribution in [3.05, 3.63) is 29.3 Å². The van der Waals surface area contributed by atoms with Gasteiger partial charge in [-0.1, -0.05) is 12.1 Å². The van der Waals surface area contributed by atoms with Gasteiger partial charge in [0.05, 0.1) is 6.10 Å². The Balaban J connectivity index is 1.68. The number of ether oxygens (including phenoxy) is 1. The normalized spacial score (nSPS) is 24.9. The topological polar surface area (TPSA) is 38.5 Å². The van der Waals surface area contributed by atoms with Crippen LogP contribution in [0.3, 0.4) is 0 Å². The quantitative estimate of drug-likeness (QED) is 0.769. The minimum atomic E-state index is 0.440. The smallest absolute Gasteiger partial charge is 0.0703 e. The lowest BCUT2D eigenvalue weighted by Crippen LogP contribution is -2.27. The van der Waals surface area contributed by atoms with Gasteiger partial charge < -0.3 is 10.5 Å². The monoisotopic (exact) mass is 218 g/mol. The molecular formula is C13H18N2O. The summed E-state index contributed by atoms with van der Waals surface area (Å²) in [4.78, 5) is 2.44. The molecule has 1 unspecified atom stereocenters. The molecule has 0 radical (unpaired) electrons. The van der Waals surface area contributed by atoms with E-state index in [4.69, 9.17) is 10.5 Å². The molecule has 2 heterocycles. The zero-order valence-electron chi connectivity index (χ0n) is 9.48. The highest BCUT2D eigenvalue weighted by Gasteiger charge is 2.25. The molecule has 3 rings (SSSR count). The fourth-order valence-electron chi connectivity index (χ4n) is 2.72. The zero-order valence-corrected chi connectivity index (χ0v) is 9.48. The summed E-state index contributed by atoms with van der Waals surface area (Å²) in [5.41, 5.74) is 9.63. The number of anilines is 1. The van der Waals surface area contributed by atoms with Crippen molar-refractivity contribution < 1.29 is 4.74 Å². The molecule has 1 aromatic carbocycles. The molecule has 86 valence electrons. The van der Waals surface area contributed by atoms with E-state index in [9.17, 15) is 0 Å². The first-order valence-electron chi connectivity index (χ1n) is 6.03. The number of nitrogens with two attached hydrogens (primary N) is 1. The lowest BCUT2D eigenvalue weighted by Gasteiger charge is -2.19. The van der Waals surface area contributed by atoms with Crippen molar-refractivity contribution in [2.45, 2.75) is 32.0 Å². The molecule has 0 amide bonds. The minimum absolute atomic E-state index is 0.440. The van der Waals surface area contributed by atoms with E-state index >= 15 is 0 Å². The van der Waals surface area contributed by atoms with E-state index in [1.807, 2.05) is 12.1 Å². The van der Waals surface area contributed by atoms with Crippen LogP contribution in [-0.4, -0.2) is 24.2 Å². The third-order valence-electron chi connectivity index (χ3n) is 3.57. The van der Waals surface area contributed by atoms with Gasteiger partial charge in [-0.25, -0.2) is 0 Å². The van der Waals surface area contributed by atoms with Crippen molar-refractivity contribution in [1.29, 1.82) is 0 Å². The van der Waals surface area contributed by atoms with E-state index in [-0.39, 0.29) is 0 Å². The highest BCUT2D eigenvalue weighted by Crippen LogP contribution is 2.28. The van der Waals surface area contributed by atoms with Crippen molar-refractivity contribution in [3.8, 4) is 0 Å². The predicted octanol–water partition coefficient (Wildman–Crippen LogP) is 1.76. The van der Waals surface area contributed by atoms with E-state index in [2.05, 4.69) is 11.0 Å². The Bertz CT molecular complexity index is 386. The van der Waals surface area contributed by atoms with E-state index < -0.39 is 0 Å². The lowest BCUT2D eigenvalue weighted by atomic mass is 10.1. The number of benzene rings is 1. The maximum atomic E-state index is 5.98. The number of nitrogen functional groups attached to an aromatic ring is 1. The molecule has 1 aromatic rings. The van der Waals surface area contributed by atoms with Crippen molar-refractivity contribution in [2.24, 2.45) is 0 Å². The van der Waals surface area contributed by atoms with Gasteiger partial charge >= 0.3 is 0 Å². The number of rotatable bonds is 2. The first-order valence-corrected chi connectivity index (χ1v) is 6.03. The van der Waals surface area contributed by atoms with E-state index in [0.29, 0.717) is 6.10 Å². The Morgan fingerprint density at radius 3 is 3.06 bits per heavy atom. The standard InChI is InChI=1S/C13H18N2O/c14-13-5-1-3-10-7-15(9-12(10)13)8-11-4-2-6-16-11/h1,3,5,11H,2,4,6-9,14H2. The molecular weight excluding hydrogens is 200 g/mol. The highest BCUT2D eigenvalue weighted by molar-refractivity contribution is 5.52. The number of hydrogen-bond donors (Lipinski definition) is 1. The van der Waals surface area contributed by atoms with Crippen LogP contribution < -0.4 is 5.73 Å².